The molecule has 1 fully saturated rings. The van der Waals surface area contributed by atoms with E-state index in [2.05, 4.69) is 12.2 Å². The first-order valence-corrected chi connectivity index (χ1v) is 5.01. The van der Waals surface area contributed by atoms with Crippen molar-refractivity contribution in [2.24, 2.45) is 5.92 Å². The number of hydrogen-bond donors (Lipinski definition) is 1. The van der Waals surface area contributed by atoms with Crippen LogP contribution >= 0.6 is 0 Å². The monoisotopic (exact) mass is 187 g/mol. The molecule has 0 heterocycles. The Morgan fingerprint density at radius 1 is 1.38 bits per heavy atom. The van der Waals surface area contributed by atoms with E-state index in [1.807, 2.05) is 0 Å². The summed E-state index contributed by atoms with van der Waals surface area (Å²) in [5, 5.41) is 3.48. The van der Waals surface area contributed by atoms with Crippen molar-refractivity contribution < 1.29 is 9.47 Å². The van der Waals surface area contributed by atoms with Gasteiger partial charge in [0.25, 0.3) is 0 Å². The summed E-state index contributed by atoms with van der Waals surface area (Å²) in [6.45, 7) is 3.87. The van der Waals surface area contributed by atoms with Crippen molar-refractivity contribution in [1.29, 1.82) is 0 Å². The van der Waals surface area contributed by atoms with E-state index in [0.29, 0.717) is 12.6 Å². The number of hydrogen-bond acceptors (Lipinski definition) is 3. The molecule has 1 atom stereocenters. The van der Waals surface area contributed by atoms with Crippen molar-refractivity contribution in [3.63, 3.8) is 0 Å². The van der Waals surface area contributed by atoms with Crippen molar-refractivity contribution in [2.45, 2.75) is 31.9 Å². The maximum Gasteiger partial charge on any atom is 0.0928 e. The molecule has 0 bridgehead atoms. The van der Waals surface area contributed by atoms with Gasteiger partial charge in [0.1, 0.15) is 0 Å². The molecule has 3 nitrogen and oxygen atoms in total. The Hall–Kier alpha value is -0.120. The zero-order valence-corrected chi connectivity index (χ0v) is 8.88. The summed E-state index contributed by atoms with van der Waals surface area (Å²) in [5.74, 6) is 0.904. The van der Waals surface area contributed by atoms with E-state index in [0.717, 1.165) is 12.5 Å². The number of rotatable bonds is 6. The fourth-order valence-electron chi connectivity index (χ4n) is 1.76. The molecule has 1 aliphatic rings. The first kappa shape index (κ1) is 11.0. The third-order valence-corrected chi connectivity index (χ3v) is 2.69. The maximum atomic E-state index is 5.25. The highest BCUT2D eigenvalue weighted by molar-refractivity contribution is 4.82. The highest BCUT2D eigenvalue weighted by Gasteiger charge is 2.25. The van der Waals surface area contributed by atoms with Crippen LogP contribution in [0.15, 0.2) is 0 Å². The minimum absolute atomic E-state index is 0.195. The van der Waals surface area contributed by atoms with Crippen molar-refractivity contribution in [1.82, 2.24) is 5.32 Å². The van der Waals surface area contributed by atoms with Crippen LogP contribution in [0.5, 0.6) is 0 Å². The molecule has 1 unspecified atom stereocenters. The minimum atomic E-state index is 0.195. The van der Waals surface area contributed by atoms with Crippen LogP contribution < -0.4 is 5.32 Å². The second-order valence-electron chi connectivity index (χ2n) is 3.99. The topological polar surface area (TPSA) is 30.5 Å². The summed E-state index contributed by atoms with van der Waals surface area (Å²) in [6, 6.07) is 0.713. The number of methoxy groups -OCH3 is 2. The van der Waals surface area contributed by atoms with Gasteiger partial charge in [-0.15, -0.1) is 0 Å². The largest absolute Gasteiger partial charge is 0.382 e. The van der Waals surface area contributed by atoms with E-state index in [4.69, 9.17) is 9.47 Å². The third-order valence-electron chi connectivity index (χ3n) is 2.69. The molecule has 0 radical (unpaired) electrons. The van der Waals surface area contributed by atoms with Crippen molar-refractivity contribution in [2.75, 3.05) is 27.4 Å². The van der Waals surface area contributed by atoms with Crippen LogP contribution in [0.25, 0.3) is 0 Å². The lowest BCUT2D eigenvalue weighted by atomic mass is 9.82. The third kappa shape index (κ3) is 3.63. The fraction of sp³-hybridized carbons (Fsp3) is 1.00. The van der Waals surface area contributed by atoms with Crippen molar-refractivity contribution >= 4 is 0 Å². The Bertz CT molecular complexity index is 135. The highest BCUT2D eigenvalue weighted by atomic mass is 16.5. The Morgan fingerprint density at radius 3 is 2.54 bits per heavy atom. The molecule has 1 N–H and O–H groups in total. The van der Waals surface area contributed by atoms with E-state index in [1.54, 1.807) is 14.2 Å². The number of ether oxygens (including phenoxy) is 2. The van der Waals surface area contributed by atoms with Gasteiger partial charge in [-0.2, -0.15) is 0 Å². The quantitative estimate of drug-likeness (QED) is 0.674. The van der Waals surface area contributed by atoms with Crippen LogP contribution in [0.4, 0.5) is 0 Å². The molecule has 1 rings (SSSR count). The molecule has 0 aromatic rings. The van der Waals surface area contributed by atoms with Crippen LogP contribution in [-0.2, 0) is 9.47 Å². The Labute approximate surface area is 80.8 Å². The maximum absolute atomic E-state index is 5.25. The molecule has 13 heavy (non-hydrogen) atoms. The van der Waals surface area contributed by atoms with Gasteiger partial charge in [0.15, 0.2) is 0 Å². The van der Waals surface area contributed by atoms with Crippen LogP contribution in [-0.4, -0.2) is 39.5 Å². The Morgan fingerprint density at radius 2 is 2.08 bits per heavy atom. The summed E-state index contributed by atoms with van der Waals surface area (Å²) in [7, 11) is 3.44. The average molecular weight is 187 g/mol. The normalized spacial score (nSPS) is 29.8. The summed E-state index contributed by atoms with van der Waals surface area (Å²) >= 11 is 0. The van der Waals surface area contributed by atoms with Crippen LogP contribution in [0, 0.1) is 5.92 Å². The lowest BCUT2D eigenvalue weighted by molar-refractivity contribution is 0.0242. The van der Waals surface area contributed by atoms with Gasteiger partial charge in [0, 0.05) is 26.8 Å². The summed E-state index contributed by atoms with van der Waals surface area (Å²) in [5.41, 5.74) is 0. The average Bonchev–Trinajstić information content (AvgIpc) is 2.08. The molecule has 1 saturated carbocycles. The lowest BCUT2D eigenvalue weighted by Gasteiger charge is -2.34. The second-order valence-corrected chi connectivity index (χ2v) is 3.99. The van der Waals surface area contributed by atoms with Crippen LogP contribution in [0.1, 0.15) is 19.8 Å². The van der Waals surface area contributed by atoms with Gasteiger partial charge < -0.3 is 14.8 Å². The minimum Gasteiger partial charge on any atom is -0.382 e. The van der Waals surface area contributed by atoms with Crippen molar-refractivity contribution in [3.05, 3.63) is 0 Å². The fourth-order valence-corrected chi connectivity index (χ4v) is 1.76. The SMILES string of the molecule is COCC(CNC1CC(C)C1)OC. The van der Waals surface area contributed by atoms with E-state index >= 15 is 0 Å². The molecular weight excluding hydrogens is 166 g/mol. The first-order valence-electron chi connectivity index (χ1n) is 5.01. The molecule has 0 spiro atoms. The molecule has 1 aliphatic carbocycles. The van der Waals surface area contributed by atoms with Gasteiger partial charge >= 0.3 is 0 Å². The standard InChI is InChI=1S/C10H21NO2/c1-8-4-9(5-8)11-6-10(13-3)7-12-2/h8-11H,4-7H2,1-3H3. The molecule has 0 amide bonds. The lowest BCUT2D eigenvalue weighted by Crippen LogP contribution is -2.44. The summed E-state index contributed by atoms with van der Waals surface area (Å²) in [4.78, 5) is 0. The van der Waals surface area contributed by atoms with Crippen LogP contribution in [0.2, 0.25) is 0 Å². The molecule has 78 valence electrons. The van der Waals surface area contributed by atoms with Gasteiger partial charge in [-0.3, -0.25) is 0 Å². The molecule has 0 aliphatic heterocycles. The number of nitrogens with one attached hydrogen (secondary N) is 1. The zero-order chi connectivity index (χ0) is 9.68. The molecule has 0 aromatic carbocycles. The van der Waals surface area contributed by atoms with Gasteiger partial charge in [0.05, 0.1) is 12.7 Å². The van der Waals surface area contributed by atoms with E-state index < -0.39 is 0 Å². The zero-order valence-electron chi connectivity index (χ0n) is 8.88. The predicted molar refractivity (Wildman–Crippen MR) is 52.9 cm³/mol. The van der Waals surface area contributed by atoms with Crippen molar-refractivity contribution in [3.8, 4) is 0 Å². The highest BCUT2D eigenvalue weighted by Crippen LogP contribution is 2.25. The van der Waals surface area contributed by atoms with E-state index in [1.165, 1.54) is 12.8 Å². The Kier molecular flexibility index (Phi) is 4.70. The Balaban J connectivity index is 2.02. The molecule has 0 aromatic heterocycles. The predicted octanol–water partition coefficient (Wildman–Crippen LogP) is 1.04. The second kappa shape index (κ2) is 5.58. The summed E-state index contributed by atoms with van der Waals surface area (Å²) < 4.78 is 10.3. The van der Waals surface area contributed by atoms with Gasteiger partial charge in [0.2, 0.25) is 0 Å². The summed E-state index contributed by atoms with van der Waals surface area (Å²) in [6.07, 6.45) is 2.81. The van der Waals surface area contributed by atoms with Crippen LogP contribution in [0.3, 0.4) is 0 Å². The first-order chi connectivity index (χ1) is 6.26. The molecule has 0 saturated heterocycles. The van der Waals surface area contributed by atoms with Gasteiger partial charge in [-0.25, -0.2) is 0 Å². The van der Waals surface area contributed by atoms with Gasteiger partial charge in [-0.1, -0.05) is 6.92 Å². The van der Waals surface area contributed by atoms with E-state index in [-0.39, 0.29) is 6.10 Å². The smallest absolute Gasteiger partial charge is 0.0928 e. The molecule has 3 heteroatoms. The molecular formula is C10H21NO2. The van der Waals surface area contributed by atoms with Gasteiger partial charge in [-0.05, 0) is 18.8 Å². The van der Waals surface area contributed by atoms with E-state index in [9.17, 15) is 0 Å².